The number of benzene rings is 1. The van der Waals surface area contributed by atoms with E-state index in [9.17, 15) is 0 Å². The van der Waals surface area contributed by atoms with Crippen molar-refractivity contribution in [2.24, 2.45) is 5.92 Å². The Morgan fingerprint density at radius 3 is 2.50 bits per heavy atom. The molecule has 0 atom stereocenters. The first-order valence-corrected chi connectivity index (χ1v) is 4.88. The Hall–Kier alpha value is -1.55. The summed E-state index contributed by atoms with van der Waals surface area (Å²) in [5.74, 6) is 0.532. The Bertz CT molecular complexity index is 341. The van der Waals surface area contributed by atoms with E-state index in [1.807, 2.05) is 36.4 Å². The number of allylic oxidation sites excluding steroid dienone is 1. The fourth-order valence-corrected chi connectivity index (χ4v) is 1.33. The van der Waals surface area contributed by atoms with Gasteiger partial charge in [-0.3, -0.25) is 0 Å². The molecule has 0 spiro atoms. The highest BCUT2D eigenvalue weighted by atomic mass is 14.2. The number of hydrogen-bond acceptors (Lipinski definition) is 1. The molecule has 0 aliphatic heterocycles. The molecule has 0 aliphatic carbocycles. The van der Waals surface area contributed by atoms with Crippen LogP contribution in [-0.2, 0) is 0 Å². The van der Waals surface area contributed by atoms with Crippen molar-refractivity contribution in [2.75, 3.05) is 0 Å². The van der Waals surface area contributed by atoms with Gasteiger partial charge in [-0.05, 0) is 24.0 Å². The topological polar surface area (TPSA) is 23.8 Å². The van der Waals surface area contributed by atoms with Gasteiger partial charge in [0.05, 0.1) is 6.07 Å². The quantitative estimate of drug-likeness (QED) is 0.659. The van der Waals surface area contributed by atoms with E-state index >= 15 is 0 Å². The first-order chi connectivity index (χ1) is 6.72. The number of nitrogens with zero attached hydrogens (tertiary/aromatic N) is 1. The molecular formula is C13H15N. The summed E-state index contributed by atoms with van der Waals surface area (Å²) in [5, 5.41) is 8.92. The van der Waals surface area contributed by atoms with Gasteiger partial charge >= 0.3 is 0 Å². The van der Waals surface area contributed by atoms with Gasteiger partial charge in [-0.1, -0.05) is 44.2 Å². The first-order valence-electron chi connectivity index (χ1n) is 4.88. The van der Waals surface area contributed by atoms with Gasteiger partial charge in [-0.2, -0.15) is 5.26 Å². The molecule has 0 unspecified atom stereocenters. The zero-order valence-electron chi connectivity index (χ0n) is 8.70. The average molecular weight is 185 g/mol. The van der Waals surface area contributed by atoms with Gasteiger partial charge in [0, 0.05) is 5.57 Å². The number of rotatable bonds is 3. The summed E-state index contributed by atoms with van der Waals surface area (Å²) in [6.45, 7) is 4.24. The monoisotopic (exact) mass is 185 g/mol. The third kappa shape index (κ3) is 3.45. The van der Waals surface area contributed by atoms with Crippen LogP contribution in [0.5, 0.6) is 0 Å². The third-order valence-corrected chi connectivity index (χ3v) is 1.91. The van der Waals surface area contributed by atoms with Crippen molar-refractivity contribution >= 4 is 6.08 Å². The van der Waals surface area contributed by atoms with E-state index in [0.717, 1.165) is 17.6 Å². The molecule has 0 saturated carbocycles. The maximum atomic E-state index is 8.92. The van der Waals surface area contributed by atoms with Crippen molar-refractivity contribution in [3.05, 3.63) is 41.5 Å². The molecule has 0 fully saturated rings. The smallest absolute Gasteiger partial charge is 0.0947 e. The second-order valence-corrected chi connectivity index (χ2v) is 3.79. The summed E-state index contributed by atoms with van der Waals surface area (Å²) in [6, 6.07) is 12.2. The van der Waals surface area contributed by atoms with Gasteiger partial charge in [-0.25, -0.2) is 0 Å². The van der Waals surface area contributed by atoms with Crippen LogP contribution in [0.15, 0.2) is 35.9 Å². The van der Waals surface area contributed by atoms with Gasteiger partial charge in [-0.15, -0.1) is 0 Å². The average Bonchev–Trinajstić information content (AvgIpc) is 2.17. The van der Waals surface area contributed by atoms with E-state index in [1.165, 1.54) is 0 Å². The fourth-order valence-electron chi connectivity index (χ4n) is 1.33. The predicted octanol–water partition coefficient (Wildman–Crippen LogP) is 3.64. The molecule has 14 heavy (non-hydrogen) atoms. The van der Waals surface area contributed by atoms with Crippen molar-refractivity contribution in [2.45, 2.75) is 20.3 Å². The highest BCUT2D eigenvalue weighted by Gasteiger charge is 1.99. The SMILES string of the molecule is CC(C)CC(C#N)=Cc1ccccc1. The van der Waals surface area contributed by atoms with Crippen molar-refractivity contribution in [3.8, 4) is 6.07 Å². The van der Waals surface area contributed by atoms with E-state index < -0.39 is 0 Å². The van der Waals surface area contributed by atoms with E-state index in [2.05, 4.69) is 19.9 Å². The van der Waals surface area contributed by atoms with E-state index in [-0.39, 0.29) is 0 Å². The molecule has 0 heterocycles. The Labute approximate surface area is 85.7 Å². The van der Waals surface area contributed by atoms with E-state index in [4.69, 9.17) is 5.26 Å². The van der Waals surface area contributed by atoms with Gasteiger partial charge in [0.1, 0.15) is 0 Å². The zero-order valence-corrected chi connectivity index (χ0v) is 8.70. The molecule has 0 aromatic heterocycles. The van der Waals surface area contributed by atoms with E-state index in [1.54, 1.807) is 0 Å². The molecule has 0 bridgehead atoms. The molecule has 0 aliphatic rings. The van der Waals surface area contributed by atoms with Crippen LogP contribution in [0.25, 0.3) is 6.08 Å². The van der Waals surface area contributed by atoms with Crippen LogP contribution < -0.4 is 0 Å². The minimum atomic E-state index is 0.532. The summed E-state index contributed by atoms with van der Waals surface area (Å²) in [7, 11) is 0. The summed E-state index contributed by atoms with van der Waals surface area (Å²) in [6.07, 6.45) is 2.81. The molecule has 0 saturated heterocycles. The van der Waals surface area contributed by atoms with Crippen molar-refractivity contribution in [1.82, 2.24) is 0 Å². The van der Waals surface area contributed by atoms with Gasteiger partial charge in [0.15, 0.2) is 0 Å². The molecule has 0 radical (unpaired) electrons. The Kier molecular flexibility index (Phi) is 3.94. The second-order valence-electron chi connectivity index (χ2n) is 3.79. The van der Waals surface area contributed by atoms with Crippen molar-refractivity contribution in [1.29, 1.82) is 5.26 Å². The Balaban J connectivity index is 2.80. The maximum Gasteiger partial charge on any atom is 0.0947 e. The van der Waals surface area contributed by atoms with Crippen LogP contribution in [-0.4, -0.2) is 0 Å². The van der Waals surface area contributed by atoms with Crippen LogP contribution in [0.1, 0.15) is 25.8 Å². The summed E-state index contributed by atoms with van der Waals surface area (Å²) in [5.41, 5.74) is 1.95. The summed E-state index contributed by atoms with van der Waals surface area (Å²) in [4.78, 5) is 0. The second kappa shape index (κ2) is 5.24. The normalized spacial score (nSPS) is 11.4. The minimum absolute atomic E-state index is 0.532. The molecule has 1 rings (SSSR count). The molecule has 0 amide bonds. The lowest BCUT2D eigenvalue weighted by molar-refractivity contribution is 0.653. The molecule has 0 N–H and O–H groups in total. The summed E-state index contributed by atoms with van der Waals surface area (Å²) >= 11 is 0. The highest BCUT2D eigenvalue weighted by molar-refractivity contribution is 5.56. The van der Waals surface area contributed by atoms with Crippen LogP contribution in [0.3, 0.4) is 0 Å². The molecule has 1 heteroatoms. The van der Waals surface area contributed by atoms with Crippen LogP contribution in [0.4, 0.5) is 0 Å². The largest absolute Gasteiger partial charge is 0.193 e. The molecule has 1 aromatic carbocycles. The third-order valence-electron chi connectivity index (χ3n) is 1.91. The maximum absolute atomic E-state index is 8.92. The lowest BCUT2D eigenvalue weighted by Crippen LogP contribution is -1.89. The number of nitriles is 1. The molecule has 1 nitrogen and oxygen atoms in total. The molecule has 72 valence electrons. The Morgan fingerprint density at radius 2 is 2.00 bits per heavy atom. The fraction of sp³-hybridized carbons (Fsp3) is 0.308. The standard InChI is InChI=1S/C13H15N/c1-11(2)8-13(10-14)9-12-6-4-3-5-7-12/h3-7,9,11H,8H2,1-2H3. The van der Waals surface area contributed by atoms with E-state index in [0.29, 0.717) is 5.92 Å². The molecule has 1 aromatic rings. The molecular weight excluding hydrogens is 170 g/mol. The predicted molar refractivity (Wildman–Crippen MR) is 59.5 cm³/mol. The van der Waals surface area contributed by atoms with Gasteiger partial charge in [0.2, 0.25) is 0 Å². The van der Waals surface area contributed by atoms with Gasteiger partial charge in [0.25, 0.3) is 0 Å². The minimum Gasteiger partial charge on any atom is -0.193 e. The van der Waals surface area contributed by atoms with Crippen LogP contribution in [0, 0.1) is 17.2 Å². The lowest BCUT2D eigenvalue weighted by Gasteiger charge is -2.02. The number of hydrogen-bond donors (Lipinski definition) is 0. The van der Waals surface area contributed by atoms with Crippen LogP contribution in [0.2, 0.25) is 0 Å². The first kappa shape index (κ1) is 10.5. The highest BCUT2D eigenvalue weighted by Crippen LogP contribution is 2.13. The van der Waals surface area contributed by atoms with Crippen molar-refractivity contribution in [3.63, 3.8) is 0 Å². The summed E-state index contributed by atoms with van der Waals surface area (Å²) < 4.78 is 0. The lowest BCUT2D eigenvalue weighted by atomic mass is 10.0. The van der Waals surface area contributed by atoms with Crippen molar-refractivity contribution < 1.29 is 0 Å². The van der Waals surface area contributed by atoms with Gasteiger partial charge < -0.3 is 0 Å². The zero-order chi connectivity index (χ0) is 10.4. The van der Waals surface area contributed by atoms with Crippen LogP contribution >= 0.6 is 0 Å². The Morgan fingerprint density at radius 1 is 1.36 bits per heavy atom.